The van der Waals surface area contributed by atoms with Gasteiger partial charge in [-0.05, 0) is 25.7 Å². The molecule has 0 spiro atoms. The van der Waals surface area contributed by atoms with E-state index in [0.29, 0.717) is 18.5 Å². The van der Waals surface area contributed by atoms with Crippen LogP contribution in [0.2, 0.25) is 0 Å². The van der Waals surface area contributed by atoms with Crippen molar-refractivity contribution in [1.29, 1.82) is 0 Å². The average Bonchev–Trinajstić information content (AvgIpc) is 3.51. The van der Waals surface area contributed by atoms with Crippen molar-refractivity contribution >= 4 is 29.6 Å². The average molecular weight is 510 g/mol. The zero-order chi connectivity index (χ0) is 27.0. The third-order valence-corrected chi connectivity index (χ3v) is 5.93. The first-order chi connectivity index (χ1) is 16.9. The van der Waals surface area contributed by atoms with Gasteiger partial charge in [0.05, 0.1) is 18.5 Å². The molecule has 4 amide bonds. The van der Waals surface area contributed by atoms with E-state index in [-0.39, 0.29) is 18.9 Å². The van der Waals surface area contributed by atoms with Crippen molar-refractivity contribution in [2.75, 3.05) is 13.1 Å². The van der Waals surface area contributed by atoms with Crippen LogP contribution < -0.4 is 21.7 Å². The first kappa shape index (κ1) is 28.7. The smallest absolute Gasteiger partial charge is 0.322 e. The molecule has 0 radical (unpaired) electrons. The molecule has 0 saturated carbocycles. The third-order valence-electron chi connectivity index (χ3n) is 5.93. The third kappa shape index (κ3) is 7.75. The number of aliphatic carboxylic acids is 1. The van der Waals surface area contributed by atoms with E-state index in [2.05, 4.69) is 25.9 Å². The molecular formula is C22H35N7O7. The summed E-state index contributed by atoms with van der Waals surface area (Å²) in [5.74, 6) is -4.04. The summed E-state index contributed by atoms with van der Waals surface area (Å²) in [7, 11) is 0. The Balaban J connectivity index is 2.22. The van der Waals surface area contributed by atoms with Gasteiger partial charge in [0.25, 0.3) is 0 Å². The van der Waals surface area contributed by atoms with Gasteiger partial charge in [0, 0.05) is 24.9 Å². The Morgan fingerprint density at radius 3 is 2.44 bits per heavy atom. The summed E-state index contributed by atoms with van der Waals surface area (Å²) >= 11 is 0. The van der Waals surface area contributed by atoms with Gasteiger partial charge in [0.2, 0.25) is 23.6 Å². The van der Waals surface area contributed by atoms with E-state index in [4.69, 9.17) is 10.8 Å². The van der Waals surface area contributed by atoms with E-state index < -0.39 is 66.4 Å². The maximum atomic E-state index is 13.5. The highest BCUT2D eigenvalue weighted by Crippen LogP contribution is 2.19. The number of imidazole rings is 1. The van der Waals surface area contributed by atoms with Gasteiger partial charge in [-0.1, -0.05) is 13.8 Å². The highest BCUT2D eigenvalue weighted by Gasteiger charge is 2.39. The number of aromatic amines is 1. The molecule has 1 aromatic rings. The molecule has 8 N–H and O–H groups in total. The summed E-state index contributed by atoms with van der Waals surface area (Å²) in [6.07, 6.45) is 2.43. The molecular weight excluding hydrogens is 474 g/mol. The number of H-pyrrole nitrogens is 1. The topological polar surface area (TPSA) is 220 Å². The SMILES string of the molecule is CC(C)[C@H](N)C(=O)N[C@H](C(=O)N[C@@H](Cc1cnc[nH]1)C(=O)N1CCC[C@H]1C(=O)NCC(=O)O)[C@@H](C)O. The van der Waals surface area contributed by atoms with Crippen LogP contribution in [0.25, 0.3) is 0 Å². The highest BCUT2D eigenvalue weighted by atomic mass is 16.4. The van der Waals surface area contributed by atoms with Crippen LogP contribution in [-0.2, 0) is 30.4 Å². The van der Waals surface area contributed by atoms with Gasteiger partial charge < -0.3 is 41.8 Å². The van der Waals surface area contributed by atoms with Crippen LogP contribution in [-0.4, -0.2) is 98.0 Å². The molecule has 0 aromatic carbocycles. The summed E-state index contributed by atoms with van der Waals surface area (Å²) in [4.78, 5) is 70.4. The minimum atomic E-state index is -1.38. The zero-order valence-corrected chi connectivity index (χ0v) is 20.6. The molecule has 2 rings (SSSR count). The van der Waals surface area contributed by atoms with Gasteiger partial charge in [-0.25, -0.2) is 4.98 Å². The summed E-state index contributed by atoms with van der Waals surface area (Å²) in [6, 6.07) is -4.35. The fourth-order valence-corrected chi connectivity index (χ4v) is 3.82. The number of aliphatic hydroxyl groups is 1. The van der Waals surface area contributed by atoms with E-state index in [1.165, 1.54) is 24.3 Å². The van der Waals surface area contributed by atoms with Crippen LogP contribution in [0, 0.1) is 5.92 Å². The van der Waals surface area contributed by atoms with Crippen molar-refractivity contribution in [3.63, 3.8) is 0 Å². The monoisotopic (exact) mass is 509 g/mol. The number of likely N-dealkylation sites (tertiary alicyclic amines) is 1. The van der Waals surface area contributed by atoms with Gasteiger partial charge >= 0.3 is 5.97 Å². The van der Waals surface area contributed by atoms with Gasteiger partial charge in [-0.15, -0.1) is 0 Å². The first-order valence-corrected chi connectivity index (χ1v) is 11.7. The molecule has 1 saturated heterocycles. The molecule has 5 atom stereocenters. The second-order valence-electron chi connectivity index (χ2n) is 9.14. The lowest BCUT2D eigenvalue weighted by molar-refractivity contribution is -0.143. The van der Waals surface area contributed by atoms with E-state index in [1.807, 2.05) is 0 Å². The van der Waals surface area contributed by atoms with Crippen LogP contribution in [0.4, 0.5) is 0 Å². The molecule has 0 unspecified atom stereocenters. The Morgan fingerprint density at radius 1 is 1.19 bits per heavy atom. The summed E-state index contributed by atoms with van der Waals surface area (Å²) in [5, 5.41) is 26.3. The van der Waals surface area contributed by atoms with Crippen molar-refractivity contribution in [1.82, 2.24) is 30.8 Å². The lowest BCUT2D eigenvalue weighted by Crippen LogP contribution is -2.60. The lowest BCUT2D eigenvalue weighted by atomic mass is 10.0. The number of nitrogens with two attached hydrogens (primary N) is 1. The number of carbonyl (C=O) groups is 5. The minimum Gasteiger partial charge on any atom is -0.480 e. The number of aromatic nitrogens is 2. The predicted molar refractivity (Wildman–Crippen MR) is 126 cm³/mol. The Kier molecular flexibility index (Phi) is 10.3. The highest BCUT2D eigenvalue weighted by molar-refractivity contribution is 5.95. The number of nitrogens with one attached hydrogen (secondary N) is 4. The molecule has 36 heavy (non-hydrogen) atoms. The number of hydrogen-bond donors (Lipinski definition) is 7. The summed E-state index contributed by atoms with van der Waals surface area (Å²) < 4.78 is 0. The Hall–Kier alpha value is -3.52. The fourth-order valence-electron chi connectivity index (χ4n) is 3.82. The maximum Gasteiger partial charge on any atom is 0.322 e. The fraction of sp³-hybridized carbons (Fsp3) is 0.636. The molecule has 2 heterocycles. The predicted octanol–water partition coefficient (Wildman–Crippen LogP) is -2.52. The van der Waals surface area contributed by atoms with Crippen molar-refractivity contribution in [2.45, 2.75) is 70.3 Å². The molecule has 1 aliphatic rings. The van der Waals surface area contributed by atoms with Gasteiger partial charge in [0.15, 0.2) is 0 Å². The first-order valence-electron chi connectivity index (χ1n) is 11.7. The molecule has 14 nitrogen and oxygen atoms in total. The Labute approximate surface area is 208 Å². The second kappa shape index (κ2) is 13.0. The Morgan fingerprint density at radius 2 is 1.89 bits per heavy atom. The Bertz CT molecular complexity index is 935. The number of rotatable bonds is 12. The molecule has 1 aliphatic heterocycles. The molecule has 1 aromatic heterocycles. The van der Waals surface area contributed by atoms with Crippen molar-refractivity contribution < 1.29 is 34.2 Å². The minimum absolute atomic E-state index is 0.00345. The van der Waals surface area contributed by atoms with Crippen molar-refractivity contribution in [2.24, 2.45) is 11.7 Å². The number of nitrogens with zero attached hydrogens (tertiary/aromatic N) is 2. The summed E-state index contributed by atoms with van der Waals surface area (Å²) in [6.45, 7) is 4.44. The standard InChI is InChI=1S/C22H35N7O7/c1-11(2)17(23)20(34)28-18(12(3)30)21(35)27-14(7-13-8-24-10-26-13)22(36)29-6-4-5-15(29)19(33)25-9-16(31)32/h8,10-12,14-15,17-18,30H,4-7,9,23H2,1-3H3,(H,24,26)(H,25,33)(H,27,35)(H,28,34)(H,31,32)/t12-,14+,15+,17+,18+/m1/s1. The number of carboxylic acid groups (broad SMARTS) is 1. The van der Waals surface area contributed by atoms with Gasteiger partial charge in [0.1, 0.15) is 24.7 Å². The molecule has 200 valence electrons. The van der Waals surface area contributed by atoms with Gasteiger partial charge in [-0.2, -0.15) is 0 Å². The van der Waals surface area contributed by atoms with Crippen LogP contribution in [0.3, 0.4) is 0 Å². The van der Waals surface area contributed by atoms with Crippen molar-refractivity contribution in [3.05, 3.63) is 18.2 Å². The van der Waals surface area contributed by atoms with Crippen LogP contribution in [0.1, 0.15) is 39.3 Å². The van der Waals surface area contributed by atoms with E-state index in [1.54, 1.807) is 13.8 Å². The number of carbonyl (C=O) groups excluding carboxylic acids is 4. The van der Waals surface area contributed by atoms with E-state index in [0.717, 1.165) is 0 Å². The normalized spacial score (nSPS) is 18.7. The molecule has 1 fully saturated rings. The molecule has 14 heteroatoms. The quantitative estimate of drug-likeness (QED) is 0.158. The maximum absolute atomic E-state index is 13.5. The zero-order valence-electron chi connectivity index (χ0n) is 20.6. The second-order valence-corrected chi connectivity index (χ2v) is 9.14. The van der Waals surface area contributed by atoms with E-state index in [9.17, 15) is 29.1 Å². The van der Waals surface area contributed by atoms with Crippen LogP contribution in [0.15, 0.2) is 12.5 Å². The number of amides is 4. The largest absolute Gasteiger partial charge is 0.480 e. The molecule has 0 bridgehead atoms. The number of aliphatic hydroxyl groups excluding tert-OH is 1. The number of carboxylic acids is 1. The van der Waals surface area contributed by atoms with Crippen molar-refractivity contribution in [3.8, 4) is 0 Å². The van der Waals surface area contributed by atoms with Gasteiger partial charge in [-0.3, -0.25) is 24.0 Å². The lowest BCUT2D eigenvalue weighted by Gasteiger charge is -2.30. The van der Waals surface area contributed by atoms with E-state index >= 15 is 0 Å². The number of hydrogen-bond acceptors (Lipinski definition) is 8. The van der Waals surface area contributed by atoms with Crippen LogP contribution in [0.5, 0.6) is 0 Å². The summed E-state index contributed by atoms with van der Waals surface area (Å²) in [5.41, 5.74) is 6.37. The molecule has 0 aliphatic carbocycles. The van der Waals surface area contributed by atoms with Crippen LogP contribution >= 0.6 is 0 Å².